The Hall–Kier alpha value is -1.06. The van der Waals surface area contributed by atoms with Crippen molar-refractivity contribution < 1.29 is 5.11 Å². The average molecular weight is 264 g/mol. The van der Waals surface area contributed by atoms with Crippen LogP contribution in [-0.2, 0) is 0 Å². The molecule has 3 heteroatoms. The lowest BCUT2D eigenvalue weighted by molar-refractivity contribution is 0.282. The highest BCUT2D eigenvalue weighted by atomic mass is 16.2. The topological polar surface area (TPSA) is 35.5 Å². The molecular weight excluding hydrogens is 236 g/mol. The molecule has 0 aliphatic heterocycles. The molecule has 108 valence electrons. The van der Waals surface area contributed by atoms with Crippen LogP contribution >= 0.6 is 0 Å². The van der Waals surface area contributed by atoms with E-state index in [-0.39, 0.29) is 0 Å². The third-order valence-electron chi connectivity index (χ3n) is 3.44. The number of rotatable bonds is 9. The van der Waals surface area contributed by atoms with Gasteiger partial charge in [0.15, 0.2) is 0 Å². The number of aliphatic hydroxyl groups is 1. The molecule has 0 aliphatic carbocycles. The smallest absolute Gasteiger partial charge is 0.0431 e. The molecule has 0 aliphatic rings. The van der Waals surface area contributed by atoms with Crippen molar-refractivity contribution in [3.8, 4) is 0 Å². The molecule has 0 spiro atoms. The molecule has 0 fully saturated rings. The Morgan fingerprint density at radius 2 is 1.68 bits per heavy atom. The van der Waals surface area contributed by atoms with Gasteiger partial charge in [0, 0.05) is 32.4 Å². The Labute approximate surface area is 117 Å². The molecule has 0 heterocycles. The summed E-state index contributed by atoms with van der Waals surface area (Å²) in [6.45, 7) is 3.57. The lowest BCUT2D eigenvalue weighted by atomic mass is 10.1. The first-order valence-corrected chi connectivity index (χ1v) is 7.26. The molecule has 0 bridgehead atoms. The van der Waals surface area contributed by atoms with Crippen molar-refractivity contribution >= 4 is 5.69 Å². The van der Waals surface area contributed by atoms with Gasteiger partial charge in [-0.05, 0) is 44.0 Å². The Balaban J connectivity index is 2.27. The highest BCUT2D eigenvalue weighted by molar-refractivity contribution is 5.46. The second-order valence-corrected chi connectivity index (χ2v) is 5.30. The summed E-state index contributed by atoms with van der Waals surface area (Å²) < 4.78 is 0. The number of benzene rings is 1. The van der Waals surface area contributed by atoms with Crippen LogP contribution in [0.3, 0.4) is 0 Å². The van der Waals surface area contributed by atoms with Gasteiger partial charge < -0.3 is 15.3 Å². The Morgan fingerprint density at radius 1 is 1.05 bits per heavy atom. The standard InChI is InChI=1S/C16H28N2O/c1-14(17-12-6-4-5-7-13-19)15-8-10-16(11-9-15)18(2)3/h8-11,14,17,19H,4-7,12-13H2,1-3H3. The van der Waals surface area contributed by atoms with Crippen molar-refractivity contribution in [3.63, 3.8) is 0 Å². The van der Waals surface area contributed by atoms with Crippen molar-refractivity contribution in [2.75, 3.05) is 32.1 Å². The first-order chi connectivity index (χ1) is 9.15. The zero-order chi connectivity index (χ0) is 14.1. The van der Waals surface area contributed by atoms with Crippen molar-refractivity contribution in [2.24, 2.45) is 0 Å². The molecule has 0 amide bonds. The quantitative estimate of drug-likeness (QED) is 0.673. The van der Waals surface area contributed by atoms with Gasteiger partial charge in [-0.2, -0.15) is 0 Å². The van der Waals surface area contributed by atoms with E-state index in [2.05, 4.69) is 55.5 Å². The van der Waals surface area contributed by atoms with Crippen molar-refractivity contribution in [1.82, 2.24) is 5.32 Å². The fourth-order valence-corrected chi connectivity index (χ4v) is 2.09. The van der Waals surface area contributed by atoms with E-state index in [1.807, 2.05) is 0 Å². The predicted molar refractivity (Wildman–Crippen MR) is 82.7 cm³/mol. The van der Waals surface area contributed by atoms with Gasteiger partial charge in [-0.25, -0.2) is 0 Å². The first kappa shape index (κ1) is 16.0. The molecule has 1 rings (SSSR count). The summed E-state index contributed by atoms with van der Waals surface area (Å²) in [6, 6.07) is 9.11. The van der Waals surface area contributed by atoms with Crippen LogP contribution in [0.2, 0.25) is 0 Å². The van der Waals surface area contributed by atoms with Gasteiger partial charge in [-0.15, -0.1) is 0 Å². The molecule has 3 nitrogen and oxygen atoms in total. The number of nitrogens with one attached hydrogen (secondary N) is 1. The second-order valence-electron chi connectivity index (χ2n) is 5.30. The van der Waals surface area contributed by atoms with Crippen molar-refractivity contribution in [1.29, 1.82) is 0 Å². The van der Waals surface area contributed by atoms with Crippen molar-refractivity contribution in [2.45, 2.75) is 38.6 Å². The van der Waals surface area contributed by atoms with E-state index < -0.39 is 0 Å². The van der Waals surface area contributed by atoms with Crippen LogP contribution in [0.25, 0.3) is 0 Å². The Bertz CT molecular complexity index is 335. The maximum absolute atomic E-state index is 8.70. The molecule has 0 aromatic heterocycles. The van der Waals surface area contributed by atoms with Gasteiger partial charge in [0.2, 0.25) is 0 Å². The van der Waals surface area contributed by atoms with Gasteiger partial charge in [0.05, 0.1) is 0 Å². The zero-order valence-corrected chi connectivity index (χ0v) is 12.5. The summed E-state index contributed by atoms with van der Waals surface area (Å²) >= 11 is 0. The lowest BCUT2D eigenvalue weighted by Crippen LogP contribution is -2.20. The number of unbranched alkanes of at least 4 members (excludes halogenated alkanes) is 3. The van der Waals surface area contributed by atoms with Crippen LogP contribution < -0.4 is 10.2 Å². The van der Waals surface area contributed by atoms with Gasteiger partial charge in [-0.1, -0.05) is 25.0 Å². The fourth-order valence-electron chi connectivity index (χ4n) is 2.09. The van der Waals surface area contributed by atoms with Gasteiger partial charge in [0.25, 0.3) is 0 Å². The van der Waals surface area contributed by atoms with Crippen LogP contribution in [0.15, 0.2) is 24.3 Å². The van der Waals surface area contributed by atoms with Crippen molar-refractivity contribution in [3.05, 3.63) is 29.8 Å². The summed E-state index contributed by atoms with van der Waals surface area (Å²) in [5.74, 6) is 0. The number of hydrogen-bond donors (Lipinski definition) is 2. The highest BCUT2D eigenvalue weighted by Gasteiger charge is 2.04. The van der Waals surface area contributed by atoms with Gasteiger partial charge >= 0.3 is 0 Å². The SMILES string of the molecule is CC(NCCCCCCO)c1ccc(N(C)C)cc1. The first-order valence-electron chi connectivity index (χ1n) is 7.26. The molecule has 1 unspecified atom stereocenters. The number of nitrogens with zero attached hydrogens (tertiary/aromatic N) is 1. The number of aliphatic hydroxyl groups excluding tert-OH is 1. The van der Waals surface area contributed by atoms with E-state index in [1.54, 1.807) is 0 Å². The molecule has 2 N–H and O–H groups in total. The molecule has 0 saturated heterocycles. The van der Waals surface area contributed by atoms with Gasteiger partial charge in [-0.3, -0.25) is 0 Å². The summed E-state index contributed by atoms with van der Waals surface area (Å²) in [5, 5.41) is 12.3. The summed E-state index contributed by atoms with van der Waals surface area (Å²) in [5.41, 5.74) is 2.57. The molecule has 1 aromatic rings. The third kappa shape index (κ3) is 6.08. The minimum Gasteiger partial charge on any atom is -0.396 e. The minimum atomic E-state index is 0.321. The molecule has 19 heavy (non-hydrogen) atoms. The Morgan fingerprint density at radius 3 is 2.26 bits per heavy atom. The largest absolute Gasteiger partial charge is 0.396 e. The van der Waals surface area contributed by atoms with E-state index >= 15 is 0 Å². The molecule has 0 saturated carbocycles. The molecular formula is C16H28N2O. The molecule has 1 aromatic carbocycles. The van der Waals surface area contributed by atoms with Crippen LogP contribution in [-0.4, -0.2) is 32.4 Å². The zero-order valence-electron chi connectivity index (χ0n) is 12.5. The summed E-state index contributed by atoms with van der Waals surface area (Å²) in [7, 11) is 4.12. The van der Waals surface area contributed by atoms with Crippen LogP contribution in [0.5, 0.6) is 0 Å². The monoisotopic (exact) mass is 264 g/mol. The lowest BCUT2D eigenvalue weighted by Gasteiger charge is -2.17. The average Bonchev–Trinajstić information content (AvgIpc) is 2.42. The van der Waals surface area contributed by atoms with E-state index in [4.69, 9.17) is 5.11 Å². The maximum atomic E-state index is 8.70. The second kappa shape index (κ2) is 8.94. The van der Waals surface area contributed by atoms with E-state index in [9.17, 15) is 0 Å². The van der Waals surface area contributed by atoms with Crippen LogP contribution in [0.1, 0.15) is 44.2 Å². The van der Waals surface area contributed by atoms with E-state index in [0.717, 1.165) is 19.4 Å². The highest BCUT2D eigenvalue weighted by Crippen LogP contribution is 2.17. The molecule has 0 radical (unpaired) electrons. The molecule has 1 atom stereocenters. The normalized spacial score (nSPS) is 12.4. The van der Waals surface area contributed by atoms with Gasteiger partial charge in [0.1, 0.15) is 0 Å². The number of hydrogen-bond acceptors (Lipinski definition) is 3. The van der Waals surface area contributed by atoms with E-state index in [1.165, 1.54) is 24.1 Å². The minimum absolute atomic E-state index is 0.321. The third-order valence-corrected chi connectivity index (χ3v) is 3.44. The van der Waals surface area contributed by atoms with Crippen LogP contribution in [0.4, 0.5) is 5.69 Å². The fraction of sp³-hybridized carbons (Fsp3) is 0.625. The maximum Gasteiger partial charge on any atom is 0.0431 e. The predicted octanol–water partition coefficient (Wildman–Crippen LogP) is 2.96. The summed E-state index contributed by atoms with van der Waals surface area (Å²) in [6.07, 6.45) is 4.44. The Kier molecular flexibility index (Phi) is 7.53. The number of anilines is 1. The van der Waals surface area contributed by atoms with Crippen LogP contribution in [0, 0.1) is 0 Å². The summed E-state index contributed by atoms with van der Waals surface area (Å²) in [4.78, 5) is 2.11. The van der Waals surface area contributed by atoms with E-state index in [0.29, 0.717) is 12.6 Å².